The number of thiazole rings is 1. The molecule has 1 atom stereocenters. The lowest BCUT2D eigenvalue weighted by Crippen LogP contribution is -2.49. The van der Waals surface area contributed by atoms with Crippen LogP contribution in [-0.2, 0) is 21.1 Å². The van der Waals surface area contributed by atoms with E-state index < -0.39 is 21.8 Å². The van der Waals surface area contributed by atoms with Crippen LogP contribution < -0.4 is 0 Å². The summed E-state index contributed by atoms with van der Waals surface area (Å²) in [6, 6.07) is -0.417. The van der Waals surface area contributed by atoms with E-state index in [0.717, 1.165) is 12.1 Å². The number of sulfone groups is 1. The Balaban J connectivity index is 2.01. The number of aliphatic carboxylic acids is 1. The molecule has 1 N–H and O–H groups in total. The summed E-state index contributed by atoms with van der Waals surface area (Å²) >= 11 is 1.58. The molecule has 0 aromatic carbocycles. The SMILES string of the molecule is Cc1ncsc1CCN1CCS(=O)(=O)CC1CC(=O)O. The Morgan fingerprint density at radius 3 is 2.95 bits per heavy atom. The molecule has 2 heterocycles. The minimum atomic E-state index is -3.11. The number of hydrogen-bond acceptors (Lipinski definition) is 6. The third kappa shape index (κ3) is 4.00. The molecular formula is C12H18N2O4S2. The van der Waals surface area contributed by atoms with Crippen molar-refractivity contribution in [1.29, 1.82) is 0 Å². The Morgan fingerprint density at radius 1 is 1.60 bits per heavy atom. The van der Waals surface area contributed by atoms with Gasteiger partial charge < -0.3 is 5.11 Å². The number of carboxylic acid groups (broad SMARTS) is 1. The molecule has 1 aliphatic rings. The van der Waals surface area contributed by atoms with Gasteiger partial charge in [0.1, 0.15) is 0 Å². The van der Waals surface area contributed by atoms with E-state index in [0.29, 0.717) is 13.1 Å². The number of carbonyl (C=O) groups is 1. The highest BCUT2D eigenvalue weighted by Crippen LogP contribution is 2.18. The van der Waals surface area contributed by atoms with E-state index in [2.05, 4.69) is 4.98 Å². The first-order valence-corrected chi connectivity index (χ1v) is 9.13. The van der Waals surface area contributed by atoms with E-state index >= 15 is 0 Å². The van der Waals surface area contributed by atoms with Gasteiger partial charge >= 0.3 is 5.97 Å². The first-order valence-electron chi connectivity index (χ1n) is 6.42. The molecule has 8 heteroatoms. The lowest BCUT2D eigenvalue weighted by Gasteiger charge is -2.34. The van der Waals surface area contributed by atoms with E-state index in [9.17, 15) is 13.2 Å². The first-order chi connectivity index (χ1) is 9.37. The second-order valence-electron chi connectivity index (χ2n) is 5.01. The number of nitrogens with zero attached hydrogens (tertiary/aromatic N) is 2. The van der Waals surface area contributed by atoms with Gasteiger partial charge in [0, 0.05) is 24.0 Å². The summed E-state index contributed by atoms with van der Waals surface area (Å²) in [7, 11) is -3.11. The number of carboxylic acids is 1. The van der Waals surface area contributed by atoms with Gasteiger partial charge in [0.25, 0.3) is 0 Å². The molecule has 1 fully saturated rings. The Morgan fingerprint density at radius 2 is 2.35 bits per heavy atom. The van der Waals surface area contributed by atoms with E-state index in [1.54, 1.807) is 16.8 Å². The fraction of sp³-hybridized carbons (Fsp3) is 0.667. The van der Waals surface area contributed by atoms with E-state index in [1.807, 2.05) is 11.8 Å². The Hall–Kier alpha value is -0.990. The summed E-state index contributed by atoms with van der Waals surface area (Å²) in [5, 5.41) is 8.92. The van der Waals surface area contributed by atoms with Gasteiger partial charge in [-0.3, -0.25) is 9.69 Å². The van der Waals surface area contributed by atoms with Crippen molar-refractivity contribution in [1.82, 2.24) is 9.88 Å². The van der Waals surface area contributed by atoms with Crippen molar-refractivity contribution in [2.75, 3.05) is 24.6 Å². The van der Waals surface area contributed by atoms with Crippen LogP contribution in [0.4, 0.5) is 0 Å². The minimum Gasteiger partial charge on any atom is -0.481 e. The second-order valence-corrected chi connectivity index (χ2v) is 8.18. The predicted molar refractivity (Wildman–Crippen MR) is 76.8 cm³/mol. The van der Waals surface area contributed by atoms with Crippen LogP contribution in [0.5, 0.6) is 0 Å². The largest absolute Gasteiger partial charge is 0.481 e. The highest BCUT2D eigenvalue weighted by atomic mass is 32.2. The van der Waals surface area contributed by atoms with E-state index in [4.69, 9.17) is 5.11 Å². The highest BCUT2D eigenvalue weighted by molar-refractivity contribution is 7.91. The Kier molecular flexibility index (Phi) is 4.77. The molecule has 0 amide bonds. The molecule has 112 valence electrons. The quantitative estimate of drug-likeness (QED) is 0.854. The van der Waals surface area contributed by atoms with Crippen molar-refractivity contribution in [3.8, 4) is 0 Å². The van der Waals surface area contributed by atoms with Crippen molar-refractivity contribution in [3.63, 3.8) is 0 Å². The van der Waals surface area contributed by atoms with Gasteiger partial charge in [0.15, 0.2) is 9.84 Å². The monoisotopic (exact) mass is 318 g/mol. The van der Waals surface area contributed by atoms with Crippen LogP contribution >= 0.6 is 11.3 Å². The topological polar surface area (TPSA) is 87.6 Å². The lowest BCUT2D eigenvalue weighted by atomic mass is 10.1. The predicted octanol–water partition coefficient (Wildman–Crippen LogP) is 0.568. The average molecular weight is 318 g/mol. The van der Waals surface area contributed by atoms with Gasteiger partial charge in [-0.05, 0) is 13.3 Å². The minimum absolute atomic E-state index is 0.0546. The van der Waals surface area contributed by atoms with Crippen LogP contribution in [0.25, 0.3) is 0 Å². The molecule has 0 saturated carbocycles. The fourth-order valence-electron chi connectivity index (χ4n) is 2.42. The molecule has 6 nitrogen and oxygen atoms in total. The molecular weight excluding hydrogens is 300 g/mol. The molecule has 0 spiro atoms. The molecule has 0 bridgehead atoms. The van der Waals surface area contributed by atoms with E-state index in [1.165, 1.54) is 4.88 Å². The van der Waals surface area contributed by atoms with Gasteiger partial charge in [-0.1, -0.05) is 0 Å². The summed E-state index contributed by atoms with van der Waals surface area (Å²) in [5.74, 6) is -0.891. The number of rotatable bonds is 5. The number of aromatic nitrogens is 1. The third-order valence-electron chi connectivity index (χ3n) is 3.53. The van der Waals surface area contributed by atoms with Crippen LogP contribution in [0.2, 0.25) is 0 Å². The molecule has 1 aliphatic heterocycles. The van der Waals surface area contributed by atoms with Crippen LogP contribution in [0.1, 0.15) is 17.0 Å². The van der Waals surface area contributed by atoms with Crippen molar-refractivity contribution in [2.45, 2.75) is 25.8 Å². The summed E-state index contributed by atoms with van der Waals surface area (Å²) in [6.45, 7) is 3.04. The van der Waals surface area contributed by atoms with Crippen molar-refractivity contribution in [3.05, 3.63) is 16.1 Å². The van der Waals surface area contributed by atoms with Gasteiger partial charge in [-0.2, -0.15) is 0 Å². The van der Waals surface area contributed by atoms with Crippen LogP contribution in [0.15, 0.2) is 5.51 Å². The fourth-order valence-corrected chi connectivity index (χ4v) is 4.78. The normalized spacial score (nSPS) is 22.8. The summed E-state index contributed by atoms with van der Waals surface area (Å²) in [6.07, 6.45) is 0.660. The standard InChI is InChI=1S/C12H18N2O4S2/c1-9-11(19-8-13-9)2-3-14-4-5-20(17,18)7-10(14)6-12(15)16/h8,10H,2-7H2,1H3,(H,15,16). The van der Waals surface area contributed by atoms with Crippen molar-refractivity contribution < 1.29 is 18.3 Å². The van der Waals surface area contributed by atoms with Crippen LogP contribution in [0.3, 0.4) is 0 Å². The second kappa shape index (κ2) is 6.19. The maximum atomic E-state index is 11.6. The summed E-state index contributed by atoms with van der Waals surface area (Å²) < 4.78 is 23.3. The van der Waals surface area contributed by atoms with Gasteiger partial charge in [-0.15, -0.1) is 11.3 Å². The molecule has 1 unspecified atom stereocenters. The zero-order valence-electron chi connectivity index (χ0n) is 11.3. The summed E-state index contributed by atoms with van der Waals surface area (Å²) in [5.41, 5.74) is 2.79. The number of aryl methyl sites for hydroxylation is 1. The zero-order chi connectivity index (χ0) is 14.8. The third-order valence-corrected chi connectivity index (χ3v) is 6.23. The summed E-state index contributed by atoms with van der Waals surface area (Å²) in [4.78, 5) is 18.2. The van der Waals surface area contributed by atoms with Crippen LogP contribution in [0, 0.1) is 6.92 Å². The van der Waals surface area contributed by atoms with Gasteiger partial charge in [0.05, 0.1) is 29.1 Å². The Bertz CT molecular complexity index is 582. The molecule has 1 aromatic rings. The molecule has 2 rings (SSSR count). The molecule has 1 saturated heterocycles. The maximum Gasteiger partial charge on any atom is 0.304 e. The van der Waals surface area contributed by atoms with Crippen molar-refractivity contribution >= 4 is 27.1 Å². The lowest BCUT2D eigenvalue weighted by molar-refractivity contribution is -0.138. The average Bonchev–Trinajstić information content (AvgIpc) is 2.72. The van der Waals surface area contributed by atoms with Gasteiger partial charge in [-0.25, -0.2) is 13.4 Å². The van der Waals surface area contributed by atoms with Gasteiger partial charge in [0.2, 0.25) is 0 Å². The maximum absolute atomic E-state index is 11.6. The zero-order valence-corrected chi connectivity index (χ0v) is 12.9. The first kappa shape index (κ1) is 15.4. The Labute approximate surface area is 122 Å². The number of hydrogen-bond donors (Lipinski definition) is 1. The van der Waals surface area contributed by atoms with Crippen LogP contribution in [-0.4, -0.2) is 60.0 Å². The molecule has 0 aliphatic carbocycles. The smallest absolute Gasteiger partial charge is 0.304 e. The molecule has 20 heavy (non-hydrogen) atoms. The molecule has 1 aromatic heterocycles. The molecule has 0 radical (unpaired) electrons. The highest BCUT2D eigenvalue weighted by Gasteiger charge is 2.32. The van der Waals surface area contributed by atoms with E-state index in [-0.39, 0.29) is 17.9 Å². The van der Waals surface area contributed by atoms with Crippen molar-refractivity contribution in [2.24, 2.45) is 0 Å².